The number of aromatic amines is 1. The van der Waals surface area contributed by atoms with E-state index in [0.717, 1.165) is 6.07 Å². The molecule has 3 N–H and O–H groups in total. The fourth-order valence-electron chi connectivity index (χ4n) is 1.33. The van der Waals surface area contributed by atoms with Gasteiger partial charge in [-0.15, -0.1) is 0 Å². The summed E-state index contributed by atoms with van der Waals surface area (Å²) in [6.45, 7) is 1.63. The molecule has 2 aromatic rings. The van der Waals surface area contributed by atoms with E-state index < -0.39 is 5.82 Å². The number of nitrogen functional groups attached to an aromatic ring is 1. The van der Waals surface area contributed by atoms with E-state index in [1.807, 2.05) is 0 Å². The van der Waals surface area contributed by atoms with Crippen LogP contribution in [0, 0.1) is 12.7 Å². The third kappa shape index (κ3) is 2.60. The first kappa shape index (κ1) is 11.1. The lowest BCUT2D eigenvalue weighted by molar-refractivity contribution is 0.459. The van der Waals surface area contributed by atoms with Crippen molar-refractivity contribution >= 4 is 5.69 Å². The van der Waals surface area contributed by atoms with Gasteiger partial charge >= 0.3 is 0 Å². The van der Waals surface area contributed by atoms with Gasteiger partial charge in [0.15, 0.2) is 5.75 Å². The molecule has 0 fully saturated rings. The highest BCUT2D eigenvalue weighted by atomic mass is 19.1. The van der Waals surface area contributed by atoms with Crippen LogP contribution in [0.25, 0.3) is 0 Å². The number of nitrogens with two attached hydrogens (primary N) is 1. The molecule has 5 nitrogen and oxygen atoms in total. The summed E-state index contributed by atoms with van der Waals surface area (Å²) in [6, 6.07) is 4.92. The molecule has 1 aromatic carbocycles. The average molecular weight is 235 g/mol. The Labute approximate surface area is 96.1 Å². The van der Waals surface area contributed by atoms with Gasteiger partial charge in [-0.2, -0.15) is 0 Å². The Morgan fingerprint density at radius 1 is 1.41 bits per heavy atom. The van der Waals surface area contributed by atoms with Crippen molar-refractivity contribution in [3.63, 3.8) is 0 Å². The molecule has 0 aliphatic carbocycles. The molecule has 0 saturated heterocycles. The third-order valence-corrected chi connectivity index (χ3v) is 2.02. The first-order chi connectivity index (χ1) is 8.04. The molecule has 1 heterocycles. The van der Waals surface area contributed by atoms with E-state index in [-0.39, 0.29) is 22.9 Å². The fourth-order valence-corrected chi connectivity index (χ4v) is 1.33. The number of hydrogen-bond acceptors (Lipinski definition) is 4. The van der Waals surface area contributed by atoms with Crippen molar-refractivity contribution in [2.24, 2.45) is 0 Å². The Bertz CT molecular complexity index is 610. The van der Waals surface area contributed by atoms with Crippen molar-refractivity contribution in [1.29, 1.82) is 0 Å². The van der Waals surface area contributed by atoms with Crippen LogP contribution in [0.3, 0.4) is 0 Å². The molecule has 6 heteroatoms. The molecule has 0 bridgehead atoms. The van der Waals surface area contributed by atoms with E-state index in [0.29, 0.717) is 5.82 Å². The lowest BCUT2D eigenvalue weighted by atomic mass is 10.3. The molecular weight excluding hydrogens is 225 g/mol. The van der Waals surface area contributed by atoms with Gasteiger partial charge in [-0.05, 0) is 19.1 Å². The second-order valence-corrected chi connectivity index (χ2v) is 3.45. The Kier molecular flexibility index (Phi) is 2.78. The molecule has 0 atom stereocenters. The number of ether oxygens (including phenoxy) is 1. The number of rotatable bonds is 2. The van der Waals surface area contributed by atoms with Gasteiger partial charge < -0.3 is 15.5 Å². The van der Waals surface area contributed by atoms with Gasteiger partial charge in [-0.1, -0.05) is 0 Å². The zero-order valence-corrected chi connectivity index (χ0v) is 9.03. The maximum atomic E-state index is 12.8. The number of H-pyrrole nitrogens is 1. The lowest BCUT2D eigenvalue weighted by Crippen LogP contribution is -2.08. The second kappa shape index (κ2) is 4.25. The first-order valence-electron chi connectivity index (χ1n) is 4.85. The summed E-state index contributed by atoms with van der Waals surface area (Å²) in [5.74, 6) is 0.339. The van der Waals surface area contributed by atoms with Crippen LogP contribution in [0.15, 0.2) is 29.1 Å². The smallest absolute Gasteiger partial charge is 0.254 e. The largest absolute Gasteiger partial charge is 0.437 e. The van der Waals surface area contributed by atoms with Crippen molar-refractivity contribution in [3.8, 4) is 11.6 Å². The number of nitrogens with zero attached hydrogens (tertiary/aromatic N) is 1. The molecule has 2 rings (SSSR count). The van der Waals surface area contributed by atoms with Crippen molar-refractivity contribution in [2.75, 3.05) is 5.73 Å². The van der Waals surface area contributed by atoms with Crippen molar-refractivity contribution in [3.05, 3.63) is 46.3 Å². The highest BCUT2D eigenvalue weighted by Crippen LogP contribution is 2.25. The van der Waals surface area contributed by atoms with Crippen LogP contribution in [-0.2, 0) is 0 Å². The normalized spacial score (nSPS) is 10.2. The van der Waals surface area contributed by atoms with Gasteiger partial charge in [-0.3, -0.25) is 4.79 Å². The monoisotopic (exact) mass is 235 g/mol. The Morgan fingerprint density at radius 2 is 2.18 bits per heavy atom. The molecule has 0 radical (unpaired) electrons. The van der Waals surface area contributed by atoms with Crippen molar-refractivity contribution in [2.45, 2.75) is 6.92 Å². The second-order valence-electron chi connectivity index (χ2n) is 3.45. The van der Waals surface area contributed by atoms with Crippen LogP contribution in [-0.4, -0.2) is 9.97 Å². The number of anilines is 1. The summed E-state index contributed by atoms with van der Waals surface area (Å²) >= 11 is 0. The molecule has 0 aliphatic rings. The van der Waals surface area contributed by atoms with E-state index >= 15 is 0 Å². The van der Waals surface area contributed by atoms with Gasteiger partial charge in [0.2, 0.25) is 5.88 Å². The Morgan fingerprint density at radius 3 is 2.82 bits per heavy atom. The summed E-state index contributed by atoms with van der Waals surface area (Å²) in [4.78, 5) is 17.6. The molecule has 17 heavy (non-hydrogen) atoms. The highest BCUT2D eigenvalue weighted by Gasteiger charge is 2.05. The van der Waals surface area contributed by atoms with Crippen LogP contribution in [0.1, 0.15) is 5.82 Å². The number of hydrogen-bond donors (Lipinski definition) is 2. The SMILES string of the molecule is Cc1nc(Oc2ccc(F)cc2N)cc(=O)[nH]1. The molecule has 1 aromatic heterocycles. The summed E-state index contributed by atoms with van der Waals surface area (Å²) in [6.07, 6.45) is 0. The third-order valence-electron chi connectivity index (χ3n) is 2.02. The predicted molar refractivity (Wildman–Crippen MR) is 60.5 cm³/mol. The van der Waals surface area contributed by atoms with E-state index in [1.54, 1.807) is 6.92 Å². The number of halogens is 1. The highest BCUT2D eigenvalue weighted by molar-refractivity contribution is 5.53. The number of benzene rings is 1. The standard InChI is InChI=1S/C11H10FN3O2/c1-6-14-10(16)5-11(15-6)17-9-3-2-7(12)4-8(9)13/h2-5H,13H2,1H3,(H,14,15,16). The first-order valence-corrected chi connectivity index (χ1v) is 4.85. The number of nitrogens with one attached hydrogen (secondary N) is 1. The minimum absolute atomic E-state index is 0.115. The van der Waals surface area contributed by atoms with E-state index in [9.17, 15) is 9.18 Å². The Balaban J connectivity index is 2.34. The maximum Gasteiger partial charge on any atom is 0.254 e. The van der Waals surface area contributed by atoms with Gasteiger partial charge in [-0.25, -0.2) is 9.37 Å². The van der Waals surface area contributed by atoms with E-state index in [1.165, 1.54) is 18.2 Å². The maximum absolute atomic E-state index is 12.8. The predicted octanol–water partition coefficient (Wildman–Crippen LogP) is 1.59. The number of aromatic nitrogens is 2. The zero-order chi connectivity index (χ0) is 12.4. The average Bonchev–Trinajstić information content (AvgIpc) is 2.21. The summed E-state index contributed by atoms with van der Waals surface area (Å²) in [5, 5.41) is 0. The van der Waals surface area contributed by atoms with E-state index in [4.69, 9.17) is 10.5 Å². The van der Waals surface area contributed by atoms with E-state index in [2.05, 4.69) is 9.97 Å². The molecular formula is C11H10FN3O2. The quantitative estimate of drug-likeness (QED) is 0.774. The molecule has 88 valence electrons. The summed E-state index contributed by atoms with van der Waals surface area (Å²) < 4.78 is 18.1. The minimum Gasteiger partial charge on any atom is -0.437 e. The van der Waals surface area contributed by atoms with Crippen LogP contribution in [0.2, 0.25) is 0 Å². The van der Waals surface area contributed by atoms with Crippen molar-refractivity contribution in [1.82, 2.24) is 9.97 Å². The molecule has 0 aliphatic heterocycles. The van der Waals surface area contributed by atoms with Gasteiger partial charge in [0.05, 0.1) is 11.8 Å². The molecule has 0 saturated carbocycles. The summed E-state index contributed by atoms with van der Waals surface area (Å²) in [7, 11) is 0. The lowest BCUT2D eigenvalue weighted by Gasteiger charge is -2.07. The number of aryl methyl sites for hydroxylation is 1. The molecule has 0 amide bonds. The van der Waals surface area contributed by atoms with Crippen LogP contribution in [0.4, 0.5) is 10.1 Å². The van der Waals surface area contributed by atoms with Crippen LogP contribution in [0.5, 0.6) is 11.6 Å². The minimum atomic E-state index is -0.454. The van der Waals surface area contributed by atoms with Crippen LogP contribution < -0.4 is 16.0 Å². The van der Waals surface area contributed by atoms with Gasteiger partial charge in [0.25, 0.3) is 5.56 Å². The van der Waals surface area contributed by atoms with Crippen LogP contribution >= 0.6 is 0 Å². The fraction of sp³-hybridized carbons (Fsp3) is 0.0909. The van der Waals surface area contributed by atoms with Gasteiger partial charge in [0.1, 0.15) is 11.6 Å². The Hall–Kier alpha value is -2.37. The molecule has 0 spiro atoms. The molecule has 0 unspecified atom stereocenters. The summed E-state index contributed by atoms with van der Waals surface area (Å²) in [5.41, 5.74) is 5.38. The zero-order valence-electron chi connectivity index (χ0n) is 9.03. The van der Waals surface area contributed by atoms with Crippen molar-refractivity contribution < 1.29 is 9.13 Å². The van der Waals surface area contributed by atoms with Gasteiger partial charge in [0, 0.05) is 6.07 Å². The topological polar surface area (TPSA) is 81.0 Å².